The molecular weight excluding hydrogens is 332 g/mol. The second-order valence-corrected chi connectivity index (χ2v) is 6.10. The molecule has 21 heavy (non-hydrogen) atoms. The maximum absolute atomic E-state index is 12.5. The van der Waals surface area contributed by atoms with E-state index in [0.717, 1.165) is 30.4 Å². The van der Waals surface area contributed by atoms with Crippen molar-refractivity contribution in [1.29, 1.82) is 0 Å². The van der Waals surface area contributed by atoms with Crippen molar-refractivity contribution in [3.8, 4) is 0 Å². The van der Waals surface area contributed by atoms with E-state index < -0.39 is 0 Å². The highest BCUT2D eigenvalue weighted by molar-refractivity contribution is 9.10. The van der Waals surface area contributed by atoms with Gasteiger partial charge >= 0.3 is 0 Å². The summed E-state index contributed by atoms with van der Waals surface area (Å²) in [6, 6.07) is 7.50. The number of nitrogens with zero attached hydrogens (tertiary/aromatic N) is 1. The lowest BCUT2D eigenvalue weighted by atomic mass is 10.0. The van der Waals surface area contributed by atoms with Crippen LogP contribution in [0.4, 0.5) is 5.69 Å². The monoisotopic (exact) mass is 346 g/mol. The van der Waals surface area contributed by atoms with E-state index in [0.29, 0.717) is 10.2 Å². The van der Waals surface area contributed by atoms with Crippen molar-refractivity contribution in [3.63, 3.8) is 0 Å². The zero-order valence-corrected chi connectivity index (χ0v) is 13.2. The summed E-state index contributed by atoms with van der Waals surface area (Å²) in [4.78, 5) is 24.1. The normalized spacial score (nSPS) is 13.0. The van der Waals surface area contributed by atoms with E-state index in [4.69, 9.17) is 0 Å². The van der Waals surface area contributed by atoms with Crippen LogP contribution in [0.3, 0.4) is 0 Å². The molecule has 3 rings (SSSR count). The van der Waals surface area contributed by atoms with Crippen molar-refractivity contribution < 1.29 is 4.79 Å². The minimum absolute atomic E-state index is 0.126. The summed E-state index contributed by atoms with van der Waals surface area (Å²) in [5.41, 5.74) is 3.62. The predicted octanol–water partition coefficient (Wildman–Crippen LogP) is 2.89. The predicted molar refractivity (Wildman–Crippen MR) is 85.8 cm³/mol. The molecule has 0 bridgehead atoms. The summed E-state index contributed by atoms with van der Waals surface area (Å²) in [7, 11) is 1.66. The number of benzene rings is 1. The number of hydrogen-bond acceptors (Lipinski definition) is 2. The molecule has 0 aliphatic heterocycles. The summed E-state index contributed by atoms with van der Waals surface area (Å²) in [6.45, 7) is 0. The van der Waals surface area contributed by atoms with Gasteiger partial charge in [-0.15, -0.1) is 0 Å². The fourth-order valence-corrected chi connectivity index (χ4v) is 3.30. The molecule has 2 aromatic rings. The molecule has 108 valence electrons. The zero-order chi connectivity index (χ0) is 15.0. The van der Waals surface area contributed by atoms with Gasteiger partial charge in [0.25, 0.3) is 11.5 Å². The second-order valence-electron chi connectivity index (χ2n) is 5.24. The van der Waals surface area contributed by atoms with E-state index in [1.807, 2.05) is 12.1 Å². The number of carbonyl (C=O) groups excluding carboxylic acids is 1. The van der Waals surface area contributed by atoms with Crippen LogP contribution in [0.5, 0.6) is 0 Å². The number of carbonyl (C=O) groups is 1. The van der Waals surface area contributed by atoms with Crippen LogP contribution < -0.4 is 10.9 Å². The number of aryl methyl sites for hydroxylation is 2. The Morgan fingerprint density at radius 2 is 2.14 bits per heavy atom. The summed E-state index contributed by atoms with van der Waals surface area (Å²) < 4.78 is 1.87. The Morgan fingerprint density at radius 1 is 1.33 bits per heavy atom. The molecule has 0 fully saturated rings. The molecular formula is C16H15BrN2O2. The molecule has 5 heteroatoms. The summed E-state index contributed by atoms with van der Waals surface area (Å²) in [5.74, 6) is -0.126. The molecule has 0 saturated heterocycles. The molecule has 1 N–H and O–H groups in total. The molecule has 0 spiro atoms. The molecule has 0 atom stereocenters. The van der Waals surface area contributed by atoms with Crippen LogP contribution in [0, 0.1) is 0 Å². The van der Waals surface area contributed by atoms with Gasteiger partial charge in [0.15, 0.2) is 0 Å². The van der Waals surface area contributed by atoms with Gasteiger partial charge in [0.1, 0.15) is 0 Å². The largest absolute Gasteiger partial charge is 0.321 e. The quantitative estimate of drug-likeness (QED) is 0.908. The molecule has 1 aliphatic carbocycles. The van der Waals surface area contributed by atoms with Gasteiger partial charge in [-0.1, -0.05) is 12.1 Å². The number of pyridine rings is 1. The van der Waals surface area contributed by atoms with Gasteiger partial charge in [-0.2, -0.15) is 0 Å². The van der Waals surface area contributed by atoms with Crippen molar-refractivity contribution in [2.45, 2.75) is 19.3 Å². The van der Waals surface area contributed by atoms with Gasteiger partial charge < -0.3 is 9.88 Å². The Balaban J connectivity index is 1.91. The van der Waals surface area contributed by atoms with Crippen molar-refractivity contribution in [2.24, 2.45) is 7.05 Å². The third-order valence-corrected chi connectivity index (χ3v) is 4.36. The highest BCUT2D eigenvalue weighted by atomic mass is 79.9. The number of amides is 1. The Hall–Kier alpha value is -1.88. The van der Waals surface area contributed by atoms with Gasteiger partial charge in [-0.05, 0) is 58.5 Å². The van der Waals surface area contributed by atoms with Gasteiger partial charge in [0, 0.05) is 18.8 Å². The lowest BCUT2D eigenvalue weighted by Crippen LogP contribution is -2.20. The van der Waals surface area contributed by atoms with Crippen LogP contribution >= 0.6 is 15.9 Å². The fraction of sp³-hybridized carbons (Fsp3) is 0.250. The third-order valence-electron chi connectivity index (χ3n) is 3.79. The van der Waals surface area contributed by atoms with E-state index in [9.17, 15) is 9.59 Å². The minimum atomic E-state index is -0.131. The van der Waals surface area contributed by atoms with Crippen molar-refractivity contribution in [3.05, 3.63) is 62.0 Å². The highest BCUT2D eigenvalue weighted by Crippen LogP contribution is 2.26. The van der Waals surface area contributed by atoms with Gasteiger partial charge in [0.2, 0.25) is 0 Å². The van der Waals surface area contributed by atoms with Crippen LogP contribution in [-0.4, -0.2) is 10.5 Å². The number of nitrogens with one attached hydrogen (secondary N) is 1. The molecule has 4 nitrogen and oxygen atoms in total. The summed E-state index contributed by atoms with van der Waals surface area (Å²) in [5, 5.41) is 2.87. The van der Waals surface area contributed by atoms with E-state index in [2.05, 4.69) is 27.3 Å². The van der Waals surface area contributed by atoms with Crippen LogP contribution in [-0.2, 0) is 19.9 Å². The first kappa shape index (κ1) is 14.1. The second kappa shape index (κ2) is 5.48. The van der Waals surface area contributed by atoms with E-state index >= 15 is 0 Å². The van der Waals surface area contributed by atoms with Gasteiger partial charge in [-0.3, -0.25) is 9.59 Å². The maximum atomic E-state index is 12.5. The topological polar surface area (TPSA) is 51.1 Å². The smallest absolute Gasteiger partial charge is 0.264 e. The first-order valence-electron chi connectivity index (χ1n) is 6.84. The standard InChI is InChI=1S/C16H15BrN2O2/c1-19-9-11(8-14(17)16(19)21)18-15(20)13-7-3-5-10-4-2-6-12(10)13/h3,5,7-9H,2,4,6H2,1H3,(H,18,20). The average Bonchev–Trinajstić information content (AvgIpc) is 2.92. The summed E-state index contributed by atoms with van der Waals surface area (Å²) in [6.07, 6.45) is 4.72. The highest BCUT2D eigenvalue weighted by Gasteiger charge is 2.19. The summed E-state index contributed by atoms with van der Waals surface area (Å²) >= 11 is 3.21. The van der Waals surface area contributed by atoms with E-state index in [1.165, 1.54) is 10.1 Å². The SMILES string of the molecule is Cn1cc(NC(=O)c2cccc3c2CCC3)cc(Br)c1=O. The molecule has 1 aromatic heterocycles. The van der Waals surface area contributed by atoms with Crippen molar-refractivity contribution in [2.75, 3.05) is 5.32 Å². The van der Waals surface area contributed by atoms with Crippen molar-refractivity contribution in [1.82, 2.24) is 4.57 Å². The maximum Gasteiger partial charge on any atom is 0.264 e. The first-order chi connectivity index (χ1) is 10.1. The molecule has 0 unspecified atom stereocenters. The molecule has 0 radical (unpaired) electrons. The average molecular weight is 347 g/mol. The van der Waals surface area contributed by atoms with Crippen LogP contribution in [0.2, 0.25) is 0 Å². The zero-order valence-electron chi connectivity index (χ0n) is 11.6. The number of rotatable bonds is 2. The third kappa shape index (κ3) is 2.65. The molecule has 1 aromatic carbocycles. The van der Waals surface area contributed by atoms with E-state index in [1.54, 1.807) is 19.3 Å². The molecule has 1 heterocycles. The Bertz CT molecular complexity index is 754. The molecule has 0 saturated carbocycles. The van der Waals surface area contributed by atoms with Crippen LogP contribution in [0.15, 0.2) is 39.7 Å². The minimum Gasteiger partial charge on any atom is -0.321 e. The Labute approximate surface area is 130 Å². The van der Waals surface area contributed by atoms with Crippen LogP contribution in [0.25, 0.3) is 0 Å². The Kier molecular flexibility index (Phi) is 3.68. The van der Waals surface area contributed by atoms with Crippen LogP contribution in [0.1, 0.15) is 27.9 Å². The van der Waals surface area contributed by atoms with Crippen molar-refractivity contribution >= 4 is 27.5 Å². The number of anilines is 1. The number of halogens is 1. The lowest BCUT2D eigenvalue weighted by molar-refractivity contribution is 0.102. The first-order valence-corrected chi connectivity index (χ1v) is 7.64. The number of hydrogen-bond donors (Lipinski definition) is 1. The lowest BCUT2D eigenvalue weighted by Gasteiger charge is -2.10. The molecule has 1 aliphatic rings. The number of fused-ring (bicyclic) bond motifs is 1. The fourth-order valence-electron chi connectivity index (χ4n) is 2.77. The van der Waals surface area contributed by atoms with Gasteiger partial charge in [-0.25, -0.2) is 0 Å². The molecule has 1 amide bonds. The van der Waals surface area contributed by atoms with Gasteiger partial charge in [0.05, 0.1) is 10.2 Å². The van der Waals surface area contributed by atoms with E-state index in [-0.39, 0.29) is 11.5 Å². The number of aromatic nitrogens is 1. The Morgan fingerprint density at radius 3 is 2.90 bits per heavy atom.